The van der Waals surface area contributed by atoms with E-state index in [4.69, 9.17) is 4.74 Å². The average molecular weight is 323 g/mol. The van der Waals surface area contributed by atoms with Crippen molar-refractivity contribution in [2.75, 3.05) is 19.7 Å². The van der Waals surface area contributed by atoms with E-state index in [1.54, 1.807) is 18.5 Å². The van der Waals surface area contributed by atoms with Gasteiger partial charge >= 0.3 is 0 Å². The summed E-state index contributed by atoms with van der Waals surface area (Å²) in [6.45, 7) is 2.18. The Hall–Kier alpha value is -2.43. The molecule has 0 N–H and O–H groups in total. The van der Waals surface area contributed by atoms with Gasteiger partial charge in [-0.3, -0.25) is 9.78 Å². The maximum atomic E-state index is 12.7. The number of nitrogens with zero attached hydrogens (tertiary/aromatic N) is 3. The summed E-state index contributed by atoms with van der Waals surface area (Å²) in [5, 5.41) is 0. The zero-order chi connectivity index (χ0) is 16.4. The van der Waals surface area contributed by atoms with Crippen LogP contribution < -0.4 is 4.74 Å². The summed E-state index contributed by atoms with van der Waals surface area (Å²) in [6, 6.07) is 11.2. The maximum Gasteiger partial charge on any atom is 0.272 e. The molecule has 2 aromatic rings. The monoisotopic (exact) mass is 323 g/mol. The molecule has 2 atom stereocenters. The molecule has 5 nitrogen and oxygen atoms in total. The van der Waals surface area contributed by atoms with Crippen molar-refractivity contribution in [3.05, 3.63) is 54.5 Å². The Morgan fingerprint density at radius 2 is 2.04 bits per heavy atom. The van der Waals surface area contributed by atoms with Gasteiger partial charge < -0.3 is 9.64 Å². The minimum atomic E-state index is 0.0298. The molecule has 1 amide bonds. The number of aromatic nitrogens is 2. The van der Waals surface area contributed by atoms with Crippen LogP contribution in [0.15, 0.2) is 48.8 Å². The van der Waals surface area contributed by atoms with Crippen molar-refractivity contribution in [3.63, 3.8) is 0 Å². The quantitative estimate of drug-likeness (QED) is 0.868. The predicted octanol–water partition coefficient (Wildman–Crippen LogP) is 2.80. The van der Waals surface area contributed by atoms with Crippen LogP contribution in [0.2, 0.25) is 0 Å². The van der Waals surface area contributed by atoms with E-state index >= 15 is 0 Å². The average Bonchev–Trinajstić information content (AvgIpc) is 3.18. The van der Waals surface area contributed by atoms with Gasteiger partial charge in [-0.05, 0) is 37.0 Å². The van der Waals surface area contributed by atoms with Crippen molar-refractivity contribution in [2.45, 2.75) is 19.3 Å². The number of carbonyl (C=O) groups is 1. The van der Waals surface area contributed by atoms with Crippen molar-refractivity contribution in [3.8, 4) is 5.88 Å². The molecular weight excluding hydrogens is 302 g/mol. The molecule has 3 heterocycles. The Morgan fingerprint density at radius 1 is 1.21 bits per heavy atom. The Labute approximate surface area is 141 Å². The Balaban J connectivity index is 1.48. The minimum absolute atomic E-state index is 0.0298. The number of ether oxygens (including phenoxy) is 1. The summed E-state index contributed by atoms with van der Waals surface area (Å²) < 4.78 is 5.96. The van der Waals surface area contributed by atoms with Crippen LogP contribution in [0.5, 0.6) is 5.88 Å². The van der Waals surface area contributed by atoms with Crippen LogP contribution in [0, 0.1) is 11.3 Å². The Kier molecular flexibility index (Phi) is 3.92. The first-order chi connectivity index (χ1) is 11.8. The van der Waals surface area contributed by atoms with Crippen LogP contribution in [0.4, 0.5) is 0 Å². The second kappa shape index (κ2) is 6.23. The largest absolute Gasteiger partial charge is 0.477 e. The lowest BCUT2D eigenvalue weighted by atomic mass is 9.81. The van der Waals surface area contributed by atoms with E-state index in [9.17, 15) is 4.79 Å². The molecule has 1 saturated heterocycles. The Morgan fingerprint density at radius 3 is 2.79 bits per heavy atom. The van der Waals surface area contributed by atoms with Gasteiger partial charge in [-0.25, -0.2) is 4.98 Å². The fourth-order valence-electron chi connectivity index (χ4n) is 4.11. The van der Waals surface area contributed by atoms with Gasteiger partial charge in [-0.2, -0.15) is 0 Å². The minimum Gasteiger partial charge on any atom is -0.477 e. The summed E-state index contributed by atoms with van der Waals surface area (Å²) in [5.41, 5.74) is 0.584. The number of hydrogen-bond acceptors (Lipinski definition) is 4. The molecule has 4 rings (SSSR count). The zero-order valence-electron chi connectivity index (χ0n) is 13.6. The van der Waals surface area contributed by atoms with Crippen LogP contribution >= 0.6 is 0 Å². The van der Waals surface area contributed by atoms with Crippen LogP contribution in [-0.4, -0.2) is 40.5 Å². The number of pyridine rings is 2. The lowest BCUT2D eigenvalue weighted by Crippen LogP contribution is -2.36. The first kappa shape index (κ1) is 15.1. The van der Waals surface area contributed by atoms with Gasteiger partial charge in [0.15, 0.2) is 0 Å². The second-order valence-electron chi connectivity index (χ2n) is 6.81. The lowest BCUT2D eigenvalue weighted by Gasteiger charge is -2.28. The number of rotatable bonds is 4. The topological polar surface area (TPSA) is 55.3 Å². The molecular formula is C19H21N3O2. The van der Waals surface area contributed by atoms with E-state index in [-0.39, 0.29) is 11.3 Å². The number of carbonyl (C=O) groups excluding carboxylic acids is 1. The normalized spacial score (nSPS) is 25.5. The van der Waals surface area contributed by atoms with E-state index in [0.717, 1.165) is 25.9 Å². The number of hydrogen-bond donors (Lipinski definition) is 0. The summed E-state index contributed by atoms with van der Waals surface area (Å²) in [7, 11) is 0. The van der Waals surface area contributed by atoms with E-state index in [1.165, 1.54) is 6.42 Å². The third-order valence-corrected chi connectivity index (χ3v) is 5.36. The smallest absolute Gasteiger partial charge is 0.272 e. The molecule has 0 bridgehead atoms. The zero-order valence-corrected chi connectivity index (χ0v) is 13.6. The van der Waals surface area contributed by atoms with Gasteiger partial charge in [0.25, 0.3) is 5.91 Å². The van der Waals surface area contributed by atoms with Crippen molar-refractivity contribution in [2.24, 2.45) is 11.3 Å². The summed E-state index contributed by atoms with van der Waals surface area (Å²) in [6.07, 6.45) is 6.89. The number of amides is 1. The van der Waals surface area contributed by atoms with Crippen molar-refractivity contribution in [1.29, 1.82) is 0 Å². The summed E-state index contributed by atoms with van der Waals surface area (Å²) in [5.74, 6) is 1.20. The molecule has 24 heavy (non-hydrogen) atoms. The Bertz CT molecular complexity index is 707. The number of likely N-dealkylation sites (tertiary alicyclic amines) is 1. The van der Waals surface area contributed by atoms with Crippen LogP contribution in [-0.2, 0) is 0 Å². The highest BCUT2D eigenvalue weighted by Gasteiger charge is 2.51. The van der Waals surface area contributed by atoms with Crippen LogP contribution in [0.3, 0.4) is 0 Å². The van der Waals surface area contributed by atoms with Crippen molar-refractivity contribution < 1.29 is 9.53 Å². The molecule has 2 aliphatic rings. The third-order valence-electron chi connectivity index (χ3n) is 5.36. The highest BCUT2D eigenvalue weighted by molar-refractivity contribution is 5.92. The second-order valence-corrected chi connectivity index (χ2v) is 6.81. The standard InChI is InChI=1S/C19H21N3O2/c23-18(16-7-1-3-10-20-16)22-12-15-6-5-9-19(15,13-22)14-24-17-8-2-4-11-21-17/h1-4,7-8,10-11,15H,5-6,9,12-14H2/t15-,19+/m1/s1. The van der Waals surface area contributed by atoms with E-state index < -0.39 is 0 Å². The van der Waals surface area contributed by atoms with Crippen molar-refractivity contribution in [1.82, 2.24) is 14.9 Å². The molecule has 1 aliphatic carbocycles. The molecule has 5 heteroatoms. The first-order valence-electron chi connectivity index (χ1n) is 8.51. The molecule has 2 aromatic heterocycles. The highest BCUT2D eigenvalue weighted by Crippen LogP contribution is 2.49. The van der Waals surface area contributed by atoms with Crippen LogP contribution in [0.25, 0.3) is 0 Å². The van der Waals surface area contributed by atoms with Crippen LogP contribution in [0.1, 0.15) is 29.8 Å². The maximum absolute atomic E-state index is 12.7. The first-order valence-corrected chi connectivity index (χ1v) is 8.51. The highest BCUT2D eigenvalue weighted by atomic mass is 16.5. The summed E-state index contributed by atoms with van der Waals surface area (Å²) >= 11 is 0. The van der Waals surface area contributed by atoms with Gasteiger partial charge in [-0.1, -0.05) is 18.6 Å². The van der Waals surface area contributed by atoms with Gasteiger partial charge in [0, 0.05) is 37.0 Å². The van der Waals surface area contributed by atoms with Crippen molar-refractivity contribution >= 4 is 5.91 Å². The van der Waals surface area contributed by atoms with Gasteiger partial charge in [0.2, 0.25) is 5.88 Å². The fourth-order valence-corrected chi connectivity index (χ4v) is 4.11. The third kappa shape index (κ3) is 2.75. The van der Waals surface area contributed by atoms with E-state index in [0.29, 0.717) is 24.1 Å². The molecule has 0 unspecified atom stereocenters. The molecule has 0 spiro atoms. The molecule has 1 saturated carbocycles. The van der Waals surface area contributed by atoms with E-state index in [2.05, 4.69) is 9.97 Å². The lowest BCUT2D eigenvalue weighted by molar-refractivity contribution is 0.0739. The number of fused-ring (bicyclic) bond motifs is 1. The summed E-state index contributed by atoms with van der Waals surface area (Å²) in [4.78, 5) is 23.1. The molecule has 124 valence electrons. The molecule has 0 radical (unpaired) electrons. The van der Waals surface area contributed by atoms with Gasteiger partial charge in [0.05, 0.1) is 6.61 Å². The molecule has 2 fully saturated rings. The SMILES string of the molecule is O=C(c1ccccn1)N1C[C@H]2CCC[C@@]2(COc2ccccn2)C1. The van der Waals surface area contributed by atoms with E-state index in [1.807, 2.05) is 35.2 Å². The fraction of sp³-hybridized carbons (Fsp3) is 0.421. The molecule has 1 aliphatic heterocycles. The predicted molar refractivity (Wildman–Crippen MR) is 89.6 cm³/mol. The van der Waals surface area contributed by atoms with Gasteiger partial charge in [0.1, 0.15) is 5.69 Å². The van der Waals surface area contributed by atoms with Gasteiger partial charge in [-0.15, -0.1) is 0 Å². The molecule has 0 aromatic carbocycles.